The molecule has 0 spiro atoms. The normalized spacial score (nSPS) is 18.1. The Hall–Kier alpha value is -1.26. The first-order valence-corrected chi connectivity index (χ1v) is 7.60. The lowest BCUT2D eigenvalue weighted by atomic mass is 10.1. The molecular weight excluding hydrogens is 250 g/mol. The number of methoxy groups -OCH3 is 1. The summed E-state index contributed by atoms with van der Waals surface area (Å²) < 4.78 is 5.20. The van der Waals surface area contributed by atoms with E-state index in [-0.39, 0.29) is 0 Å². The number of hydrogen-bond donors (Lipinski definition) is 1. The molecule has 2 rings (SSSR count). The van der Waals surface area contributed by atoms with Crippen LogP contribution in [0.15, 0.2) is 24.3 Å². The Kier molecular flexibility index (Phi) is 5.68. The lowest BCUT2D eigenvalue weighted by Gasteiger charge is -2.36. The van der Waals surface area contributed by atoms with Gasteiger partial charge in [-0.15, -0.1) is 0 Å². The molecule has 4 heteroatoms. The van der Waals surface area contributed by atoms with E-state index >= 15 is 0 Å². The average molecular weight is 277 g/mol. The summed E-state index contributed by atoms with van der Waals surface area (Å²) in [4.78, 5) is 4.96. The quantitative estimate of drug-likeness (QED) is 0.863. The van der Waals surface area contributed by atoms with Crippen LogP contribution >= 0.6 is 0 Å². The molecule has 0 aromatic heterocycles. The molecule has 1 aromatic carbocycles. The van der Waals surface area contributed by atoms with Crippen LogP contribution in [0.3, 0.4) is 0 Å². The minimum Gasteiger partial charge on any atom is -0.497 e. The predicted molar refractivity (Wildman–Crippen MR) is 84.5 cm³/mol. The molecule has 1 heterocycles. The van der Waals surface area contributed by atoms with E-state index in [0.29, 0.717) is 6.04 Å². The van der Waals surface area contributed by atoms with Gasteiger partial charge in [-0.2, -0.15) is 0 Å². The van der Waals surface area contributed by atoms with E-state index in [4.69, 9.17) is 10.5 Å². The van der Waals surface area contributed by atoms with E-state index in [9.17, 15) is 0 Å². The van der Waals surface area contributed by atoms with Crippen molar-refractivity contribution in [3.63, 3.8) is 0 Å². The van der Waals surface area contributed by atoms with Gasteiger partial charge in [-0.05, 0) is 43.7 Å². The Balaban J connectivity index is 1.78. The molecule has 0 amide bonds. The van der Waals surface area contributed by atoms with Gasteiger partial charge in [0.15, 0.2) is 0 Å². The van der Waals surface area contributed by atoms with Gasteiger partial charge in [-0.3, -0.25) is 4.90 Å². The van der Waals surface area contributed by atoms with Crippen molar-refractivity contribution >= 4 is 5.69 Å². The molecular formula is C16H27N3O. The third-order valence-electron chi connectivity index (χ3n) is 4.15. The highest BCUT2D eigenvalue weighted by Crippen LogP contribution is 2.20. The standard InChI is InChI=1S/C16H27N3O/c1-3-14(17)8-9-18-10-12-19(13-11-18)15-4-6-16(20-2)7-5-15/h4-7,14H,3,8-13,17H2,1-2H3. The number of nitrogens with two attached hydrogens (primary N) is 1. The van der Waals surface area contributed by atoms with E-state index in [1.807, 2.05) is 12.1 Å². The fourth-order valence-corrected chi connectivity index (χ4v) is 2.58. The van der Waals surface area contributed by atoms with Gasteiger partial charge in [0.1, 0.15) is 5.75 Å². The van der Waals surface area contributed by atoms with E-state index in [2.05, 4.69) is 28.9 Å². The second-order valence-electron chi connectivity index (χ2n) is 5.48. The van der Waals surface area contributed by atoms with Gasteiger partial charge in [0.2, 0.25) is 0 Å². The lowest BCUT2D eigenvalue weighted by Crippen LogP contribution is -2.47. The molecule has 1 aliphatic rings. The summed E-state index contributed by atoms with van der Waals surface area (Å²) in [7, 11) is 1.70. The molecule has 4 nitrogen and oxygen atoms in total. The molecule has 20 heavy (non-hydrogen) atoms. The first-order valence-electron chi connectivity index (χ1n) is 7.60. The van der Waals surface area contributed by atoms with Gasteiger partial charge in [0.05, 0.1) is 7.11 Å². The summed E-state index contributed by atoms with van der Waals surface area (Å²) in [6, 6.07) is 8.70. The Morgan fingerprint density at radius 1 is 1.15 bits per heavy atom. The van der Waals surface area contributed by atoms with Crippen molar-refractivity contribution in [2.45, 2.75) is 25.8 Å². The maximum absolute atomic E-state index is 5.99. The third-order valence-corrected chi connectivity index (χ3v) is 4.15. The average Bonchev–Trinajstić information content (AvgIpc) is 2.53. The molecule has 112 valence electrons. The number of hydrogen-bond acceptors (Lipinski definition) is 4. The molecule has 2 N–H and O–H groups in total. The van der Waals surface area contributed by atoms with Gasteiger partial charge < -0.3 is 15.4 Å². The summed E-state index contributed by atoms with van der Waals surface area (Å²) in [6.45, 7) is 7.73. The highest BCUT2D eigenvalue weighted by Gasteiger charge is 2.17. The van der Waals surface area contributed by atoms with E-state index in [0.717, 1.165) is 51.3 Å². The summed E-state index contributed by atoms with van der Waals surface area (Å²) in [5.74, 6) is 0.918. The minimum absolute atomic E-state index is 0.356. The molecule has 1 saturated heterocycles. The van der Waals surface area contributed by atoms with Crippen LogP contribution in [0.25, 0.3) is 0 Å². The molecule has 1 fully saturated rings. The van der Waals surface area contributed by atoms with Crippen molar-refractivity contribution in [1.82, 2.24) is 4.90 Å². The first kappa shape index (κ1) is 15.1. The largest absolute Gasteiger partial charge is 0.497 e. The van der Waals surface area contributed by atoms with E-state index < -0.39 is 0 Å². The number of rotatable bonds is 6. The van der Waals surface area contributed by atoms with Crippen molar-refractivity contribution in [1.29, 1.82) is 0 Å². The minimum atomic E-state index is 0.356. The molecule has 0 radical (unpaired) electrons. The lowest BCUT2D eigenvalue weighted by molar-refractivity contribution is 0.247. The number of benzene rings is 1. The van der Waals surface area contributed by atoms with Crippen LogP contribution in [-0.4, -0.2) is 50.8 Å². The van der Waals surface area contributed by atoms with Gasteiger partial charge in [-0.25, -0.2) is 0 Å². The van der Waals surface area contributed by atoms with Gasteiger partial charge in [-0.1, -0.05) is 6.92 Å². The highest BCUT2D eigenvalue weighted by atomic mass is 16.5. The maximum atomic E-state index is 5.99. The molecule has 0 aliphatic carbocycles. The number of ether oxygens (including phenoxy) is 1. The maximum Gasteiger partial charge on any atom is 0.119 e. The molecule has 1 atom stereocenters. The van der Waals surface area contributed by atoms with E-state index in [1.54, 1.807) is 7.11 Å². The summed E-state index contributed by atoms with van der Waals surface area (Å²) in [5.41, 5.74) is 7.27. The van der Waals surface area contributed by atoms with Gasteiger partial charge >= 0.3 is 0 Å². The van der Waals surface area contributed by atoms with Crippen LogP contribution in [0.2, 0.25) is 0 Å². The predicted octanol–water partition coefficient (Wildman–Crippen LogP) is 1.94. The van der Waals surface area contributed by atoms with Gasteiger partial charge in [0.25, 0.3) is 0 Å². The molecule has 1 unspecified atom stereocenters. The SMILES string of the molecule is CCC(N)CCN1CCN(c2ccc(OC)cc2)CC1. The number of anilines is 1. The van der Waals surface area contributed by atoms with Crippen molar-refractivity contribution in [2.75, 3.05) is 44.7 Å². The molecule has 1 aliphatic heterocycles. The Morgan fingerprint density at radius 2 is 1.80 bits per heavy atom. The second kappa shape index (κ2) is 7.50. The van der Waals surface area contributed by atoms with Crippen LogP contribution in [-0.2, 0) is 0 Å². The van der Waals surface area contributed by atoms with Crippen molar-refractivity contribution in [2.24, 2.45) is 5.73 Å². The monoisotopic (exact) mass is 277 g/mol. The fourth-order valence-electron chi connectivity index (χ4n) is 2.58. The third kappa shape index (κ3) is 4.12. The highest BCUT2D eigenvalue weighted by molar-refractivity contribution is 5.49. The van der Waals surface area contributed by atoms with Crippen LogP contribution in [0.4, 0.5) is 5.69 Å². The molecule has 0 saturated carbocycles. The zero-order valence-electron chi connectivity index (χ0n) is 12.7. The van der Waals surface area contributed by atoms with Crippen molar-refractivity contribution in [3.8, 4) is 5.75 Å². The Labute approximate surface area is 122 Å². The van der Waals surface area contributed by atoms with Crippen LogP contribution < -0.4 is 15.4 Å². The fraction of sp³-hybridized carbons (Fsp3) is 0.625. The number of nitrogens with zero attached hydrogens (tertiary/aromatic N) is 2. The summed E-state index contributed by atoms with van der Waals surface area (Å²) in [6.07, 6.45) is 2.19. The van der Waals surface area contributed by atoms with Crippen LogP contribution in [0.1, 0.15) is 19.8 Å². The van der Waals surface area contributed by atoms with Crippen molar-refractivity contribution < 1.29 is 4.74 Å². The Morgan fingerprint density at radius 3 is 2.35 bits per heavy atom. The molecule has 0 bridgehead atoms. The zero-order valence-corrected chi connectivity index (χ0v) is 12.7. The molecule has 1 aromatic rings. The summed E-state index contributed by atoms with van der Waals surface area (Å²) in [5, 5.41) is 0. The van der Waals surface area contributed by atoms with Gasteiger partial charge in [0, 0.05) is 37.9 Å². The van der Waals surface area contributed by atoms with Crippen LogP contribution in [0.5, 0.6) is 5.75 Å². The topological polar surface area (TPSA) is 41.7 Å². The van der Waals surface area contributed by atoms with Crippen molar-refractivity contribution in [3.05, 3.63) is 24.3 Å². The van der Waals surface area contributed by atoms with Crippen LogP contribution in [0, 0.1) is 0 Å². The smallest absolute Gasteiger partial charge is 0.119 e. The second-order valence-corrected chi connectivity index (χ2v) is 5.48. The zero-order chi connectivity index (χ0) is 14.4. The first-order chi connectivity index (χ1) is 9.72. The Bertz CT molecular complexity index is 385. The summed E-state index contributed by atoms with van der Waals surface area (Å²) >= 11 is 0. The van der Waals surface area contributed by atoms with E-state index in [1.165, 1.54) is 5.69 Å². The number of piperazine rings is 1.